The first kappa shape index (κ1) is 27.0. The van der Waals surface area contributed by atoms with Gasteiger partial charge in [-0.15, -0.1) is 0 Å². The Hall–Kier alpha value is -1.00. The molecule has 0 saturated carbocycles. The Labute approximate surface area is 166 Å². The van der Waals surface area contributed by atoms with E-state index in [-0.39, 0.29) is 32.8 Å². The van der Waals surface area contributed by atoms with Gasteiger partial charge in [0.05, 0.1) is 45.7 Å². The highest BCUT2D eigenvalue weighted by atomic mass is 32.2. The molecule has 12 heteroatoms. The number of carbonyl (C=O) groups is 2. The second-order valence-electron chi connectivity index (χ2n) is 5.72. The van der Waals surface area contributed by atoms with Crippen LogP contribution in [0, 0.1) is 5.92 Å². The molecular formula is C16H31O10PS. The Balaban J connectivity index is 5.58. The Kier molecular flexibility index (Phi) is 12.8. The van der Waals surface area contributed by atoms with Gasteiger partial charge in [0.15, 0.2) is 5.66 Å². The first-order valence-electron chi connectivity index (χ1n) is 9.03. The molecule has 0 aliphatic rings. The Morgan fingerprint density at radius 1 is 0.964 bits per heavy atom. The molecule has 0 spiro atoms. The minimum Gasteiger partial charge on any atom is -0.468 e. The average molecular weight is 446 g/mol. The van der Waals surface area contributed by atoms with Crippen molar-refractivity contribution >= 4 is 29.7 Å². The molecule has 2 unspecified atom stereocenters. The molecule has 0 aromatic carbocycles. The highest BCUT2D eigenvalue weighted by molar-refractivity contribution is 7.85. The van der Waals surface area contributed by atoms with E-state index in [1.807, 2.05) is 0 Å². The van der Waals surface area contributed by atoms with Gasteiger partial charge in [-0.05, 0) is 33.6 Å². The Morgan fingerprint density at radius 3 is 1.96 bits per heavy atom. The maximum atomic E-state index is 13.2. The molecule has 0 aromatic rings. The van der Waals surface area contributed by atoms with E-state index in [1.165, 1.54) is 0 Å². The monoisotopic (exact) mass is 446 g/mol. The van der Waals surface area contributed by atoms with Gasteiger partial charge in [0.25, 0.3) is 10.1 Å². The number of ether oxygens (including phenoxy) is 2. The van der Waals surface area contributed by atoms with Crippen molar-refractivity contribution in [3.63, 3.8) is 0 Å². The lowest BCUT2D eigenvalue weighted by Crippen LogP contribution is -2.38. The molecule has 0 radical (unpaired) electrons. The third-order valence-electron chi connectivity index (χ3n) is 3.58. The van der Waals surface area contributed by atoms with E-state index in [0.717, 1.165) is 13.4 Å². The summed E-state index contributed by atoms with van der Waals surface area (Å²) < 4.78 is 60.2. The van der Waals surface area contributed by atoms with Gasteiger partial charge in [-0.2, -0.15) is 8.42 Å². The maximum Gasteiger partial charge on any atom is 0.345 e. The zero-order valence-electron chi connectivity index (χ0n) is 17.0. The highest BCUT2D eigenvalue weighted by Crippen LogP contribution is 2.56. The van der Waals surface area contributed by atoms with E-state index >= 15 is 0 Å². The number of unbranched alkanes of at least 4 members (excludes halogenated alkanes) is 1. The topological polar surface area (TPSA) is 132 Å². The fourth-order valence-electron chi connectivity index (χ4n) is 2.52. The highest BCUT2D eigenvalue weighted by Gasteiger charge is 2.50. The standard InChI is InChI=1S/C16H31O10PS/c1-6-23-15(17)13(11-9-10-12-26-28(5,20)21)14(16(18)22-4)27(19,24-7-2)25-8-3/h13-14H,6-12H2,1-5H3. The minimum atomic E-state index is -4.02. The summed E-state index contributed by atoms with van der Waals surface area (Å²) in [7, 11) is -6.48. The summed E-state index contributed by atoms with van der Waals surface area (Å²) >= 11 is 0. The van der Waals surface area contributed by atoms with Crippen molar-refractivity contribution in [3.05, 3.63) is 0 Å². The summed E-state index contributed by atoms with van der Waals surface area (Å²) in [5.41, 5.74) is -1.49. The normalized spacial score (nSPS) is 14.3. The van der Waals surface area contributed by atoms with Gasteiger partial charge in [-0.1, -0.05) is 6.42 Å². The van der Waals surface area contributed by atoms with E-state index in [0.29, 0.717) is 12.8 Å². The smallest absolute Gasteiger partial charge is 0.345 e. The lowest BCUT2D eigenvalue weighted by molar-refractivity contribution is -0.154. The van der Waals surface area contributed by atoms with Crippen LogP contribution in [-0.4, -0.2) is 65.8 Å². The molecule has 0 saturated heterocycles. The van der Waals surface area contributed by atoms with Crippen molar-refractivity contribution in [1.29, 1.82) is 0 Å². The second-order valence-corrected chi connectivity index (χ2v) is 9.52. The van der Waals surface area contributed by atoms with E-state index in [9.17, 15) is 22.6 Å². The quantitative estimate of drug-likeness (QED) is 0.159. The number of rotatable bonds is 15. The minimum absolute atomic E-state index is 0.00250. The van der Waals surface area contributed by atoms with Crippen LogP contribution in [-0.2, 0) is 47.0 Å². The van der Waals surface area contributed by atoms with Gasteiger partial charge in [0, 0.05) is 0 Å². The second kappa shape index (κ2) is 13.3. The van der Waals surface area contributed by atoms with Crippen LogP contribution in [0.2, 0.25) is 0 Å². The fraction of sp³-hybridized carbons (Fsp3) is 0.875. The summed E-state index contributed by atoms with van der Waals surface area (Å²) in [6.45, 7) is 4.77. The molecule has 0 heterocycles. The largest absolute Gasteiger partial charge is 0.468 e. The molecule has 0 amide bonds. The van der Waals surface area contributed by atoms with Gasteiger partial charge in [-0.25, -0.2) is 0 Å². The van der Waals surface area contributed by atoms with Crippen molar-refractivity contribution < 1.29 is 45.3 Å². The predicted molar refractivity (Wildman–Crippen MR) is 101 cm³/mol. The molecule has 0 fully saturated rings. The van der Waals surface area contributed by atoms with Gasteiger partial charge in [0.1, 0.15) is 0 Å². The van der Waals surface area contributed by atoms with Gasteiger partial charge in [0.2, 0.25) is 0 Å². The van der Waals surface area contributed by atoms with Gasteiger partial charge in [-0.3, -0.25) is 18.3 Å². The molecule has 0 N–H and O–H groups in total. The maximum absolute atomic E-state index is 13.2. The Bertz CT molecular complexity index is 623. The number of hydrogen-bond donors (Lipinski definition) is 0. The zero-order chi connectivity index (χ0) is 21.8. The molecular weight excluding hydrogens is 415 g/mol. The van der Waals surface area contributed by atoms with E-state index in [1.54, 1.807) is 20.8 Å². The van der Waals surface area contributed by atoms with Crippen LogP contribution in [0.25, 0.3) is 0 Å². The third-order valence-corrected chi connectivity index (χ3v) is 6.66. The zero-order valence-corrected chi connectivity index (χ0v) is 18.8. The first-order valence-corrected chi connectivity index (χ1v) is 12.5. The number of hydrogen-bond acceptors (Lipinski definition) is 10. The molecule has 0 rings (SSSR count). The fourth-order valence-corrected chi connectivity index (χ4v) is 5.13. The third kappa shape index (κ3) is 9.47. The summed E-state index contributed by atoms with van der Waals surface area (Å²) in [6, 6.07) is 0. The van der Waals surface area contributed by atoms with Crippen LogP contribution < -0.4 is 0 Å². The molecule has 166 valence electrons. The molecule has 0 aromatic heterocycles. The van der Waals surface area contributed by atoms with Crippen LogP contribution in [0.3, 0.4) is 0 Å². The summed E-state index contributed by atoms with van der Waals surface area (Å²) in [5, 5.41) is 0. The average Bonchev–Trinajstić information content (AvgIpc) is 2.59. The van der Waals surface area contributed by atoms with Crippen molar-refractivity contribution in [3.8, 4) is 0 Å². The number of esters is 2. The van der Waals surface area contributed by atoms with Crippen LogP contribution in [0.4, 0.5) is 0 Å². The van der Waals surface area contributed by atoms with Crippen LogP contribution in [0.5, 0.6) is 0 Å². The summed E-state index contributed by atoms with van der Waals surface area (Å²) in [4.78, 5) is 24.9. The lowest BCUT2D eigenvalue weighted by Gasteiger charge is -2.29. The molecule has 10 nitrogen and oxygen atoms in total. The molecule has 2 atom stereocenters. The predicted octanol–water partition coefficient (Wildman–Crippen LogP) is 2.12. The molecule has 0 bridgehead atoms. The van der Waals surface area contributed by atoms with E-state index < -0.39 is 41.2 Å². The number of methoxy groups -OCH3 is 1. The van der Waals surface area contributed by atoms with Crippen LogP contribution in [0.15, 0.2) is 0 Å². The van der Waals surface area contributed by atoms with Gasteiger partial charge < -0.3 is 18.5 Å². The summed E-state index contributed by atoms with van der Waals surface area (Å²) in [5.74, 6) is -2.79. The van der Waals surface area contributed by atoms with Crippen molar-refractivity contribution in [2.75, 3.05) is 39.8 Å². The van der Waals surface area contributed by atoms with E-state index in [4.69, 9.17) is 18.5 Å². The van der Waals surface area contributed by atoms with Crippen LogP contribution >= 0.6 is 7.60 Å². The SMILES string of the molecule is CCOC(=O)C(CCCCOS(C)(=O)=O)C(C(=O)OC)P(=O)(OCC)OCC. The van der Waals surface area contributed by atoms with Crippen molar-refractivity contribution in [2.24, 2.45) is 5.92 Å². The summed E-state index contributed by atoms with van der Waals surface area (Å²) in [6.07, 6.45) is 1.62. The van der Waals surface area contributed by atoms with Gasteiger partial charge >= 0.3 is 19.5 Å². The van der Waals surface area contributed by atoms with Crippen molar-refractivity contribution in [2.45, 2.75) is 45.7 Å². The Morgan fingerprint density at radius 2 is 1.54 bits per heavy atom. The number of carbonyl (C=O) groups excluding carboxylic acids is 2. The van der Waals surface area contributed by atoms with Crippen LogP contribution in [0.1, 0.15) is 40.0 Å². The molecule has 0 aliphatic carbocycles. The lowest BCUT2D eigenvalue weighted by atomic mass is 9.98. The van der Waals surface area contributed by atoms with E-state index in [2.05, 4.69) is 4.18 Å². The first-order chi connectivity index (χ1) is 13.1. The molecule has 28 heavy (non-hydrogen) atoms. The van der Waals surface area contributed by atoms with Crippen molar-refractivity contribution in [1.82, 2.24) is 0 Å². The molecule has 0 aliphatic heterocycles.